The largest absolute Gasteiger partial charge is 0.457 e. The highest BCUT2D eigenvalue weighted by Crippen LogP contribution is 2.33. The molecule has 7 heteroatoms. The quantitative estimate of drug-likeness (QED) is 0.805. The number of hydrogen-bond acceptors (Lipinski definition) is 4. The Bertz CT molecular complexity index is 772. The molecule has 7 nitrogen and oxygen atoms in total. The molecule has 2 aromatic rings. The van der Waals surface area contributed by atoms with Gasteiger partial charge in [0.1, 0.15) is 17.3 Å². The summed E-state index contributed by atoms with van der Waals surface area (Å²) in [6, 6.07) is 8.54. The Morgan fingerprint density at radius 3 is 2.71 bits per heavy atom. The monoisotopic (exact) mass is 326 g/mol. The standard InChI is InChI=1S/C17H18N4O3/c1-10(2)19-17(23)20-11-3-5-12(6-4-11)24-14-7-8-18-16-13(14)9-15(22)21-16/h3-8,10H,9H2,1-2H3,(H,18,21,22)(H2,19,20,23). The van der Waals surface area contributed by atoms with Gasteiger partial charge in [-0.05, 0) is 44.2 Å². The number of ether oxygens (including phenoxy) is 1. The van der Waals surface area contributed by atoms with Crippen LogP contribution in [0.15, 0.2) is 36.5 Å². The third-order valence-corrected chi connectivity index (χ3v) is 3.37. The topological polar surface area (TPSA) is 92.3 Å². The first-order valence-electron chi connectivity index (χ1n) is 7.64. The molecule has 1 aromatic carbocycles. The second-order valence-corrected chi connectivity index (χ2v) is 5.74. The Morgan fingerprint density at radius 1 is 1.25 bits per heavy atom. The van der Waals surface area contributed by atoms with Gasteiger partial charge in [-0.2, -0.15) is 0 Å². The maximum absolute atomic E-state index is 11.7. The number of fused-ring (bicyclic) bond motifs is 1. The maximum Gasteiger partial charge on any atom is 0.319 e. The van der Waals surface area contributed by atoms with Crippen molar-refractivity contribution < 1.29 is 14.3 Å². The van der Waals surface area contributed by atoms with E-state index in [2.05, 4.69) is 20.9 Å². The van der Waals surface area contributed by atoms with E-state index in [0.717, 1.165) is 5.56 Å². The number of nitrogens with one attached hydrogen (secondary N) is 3. The third-order valence-electron chi connectivity index (χ3n) is 3.37. The van der Waals surface area contributed by atoms with Crippen molar-refractivity contribution in [2.75, 3.05) is 10.6 Å². The van der Waals surface area contributed by atoms with Gasteiger partial charge >= 0.3 is 6.03 Å². The predicted molar refractivity (Wildman–Crippen MR) is 90.4 cm³/mol. The molecule has 3 rings (SSSR count). The van der Waals surface area contributed by atoms with Crippen molar-refractivity contribution in [2.45, 2.75) is 26.3 Å². The van der Waals surface area contributed by atoms with E-state index in [0.29, 0.717) is 23.0 Å². The fourth-order valence-electron chi connectivity index (χ4n) is 2.35. The Labute approximate surface area is 139 Å². The Balaban J connectivity index is 1.68. The first kappa shape index (κ1) is 15.8. The lowest BCUT2D eigenvalue weighted by molar-refractivity contribution is -0.115. The van der Waals surface area contributed by atoms with Crippen LogP contribution < -0.4 is 20.7 Å². The lowest BCUT2D eigenvalue weighted by atomic mass is 10.2. The highest BCUT2D eigenvalue weighted by molar-refractivity contribution is 5.98. The van der Waals surface area contributed by atoms with Gasteiger partial charge in [-0.1, -0.05) is 0 Å². The Kier molecular flexibility index (Phi) is 4.33. The van der Waals surface area contributed by atoms with E-state index in [-0.39, 0.29) is 24.4 Å². The van der Waals surface area contributed by atoms with Gasteiger partial charge in [0.2, 0.25) is 5.91 Å². The summed E-state index contributed by atoms with van der Waals surface area (Å²) in [7, 11) is 0. The minimum Gasteiger partial charge on any atom is -0.457 e. The number of anilines is 2. The number of hydrogen-bond donors (Lipinski definition) is 3. The summed E-state index contributed by atoms with van der Waals surface area (Å²) in [4.78, 5) is 27.2. The van der Waals surface area contributed by atoms with Crippen molar-refractivity contribution in [3.63, 3.8) is 0 Å². The molecule has 0 atom stereocenters. The van der Waals surface area contributed by atoms with Gasteiger partial charge in [-0.25, -0.2) is 9.78 Å². The zero-order valence-electron chi connectivity index (χ0n) is 13.4. The summed E-state index contributed by atoms with van der Waals surface area (Å²) in [6.07, 6.45) is 1.85. The van der Waals surface area contributed by atoms with Crippen molar-refractivity contribution >= 4 is 23.4 Å². The van der Waals surface area contributed by atoms with Crippen LogP contribution in [0.25, 0.3) is 0 Å². The van der Waals surface area contributed by atoms with E-state index in [9.17, 15) is 9.59 Å². The lowest BCUT2D eigenvalue weighted by Crippen LogP contribution is -2.34. The molecule has 3 amide bonds. The fraction of sp³-hybridized carbons (Fsp3) is 0.235. The molecule has 1 aromatic heterocycles. The molecule has 124 valence electrons. The molecular formula is C17H18N4O3. The molecule has 1 aliphatic rings. The normalized spacial score (nSPS) is 12.5. The number of carbonyl (C=O) groups excluding carboxylic acids is 2. The first-order chi connectivity index (χ1) is 11.5. The molecule has 0 unspecified atom stereocenters. The molecule has 0 saturated carbocycles. The maximum atomic E-state index is 11.7. The number of aromatic nitrogens is 1. The SMILES string of the molecule is CC(C)NC(=O)Nc1ccc(Oc2ccnc3c2CC(=O)N3)cc1. The minimum atomic E-state index is -0.254. The van der Waals surface area contributed by atoms with Crippen LogP contribution in [-0.4, -0.2) is 23.0 Å². The molecule has 2 heterocycles. The summed E-state index contributed by atoms with van der Waals surface area (Å²) in [5.74, 6) is 1.65. The summed E-state index contributed by atoms with van der Waals surface area (Å²) in [5.41, 5.74) is 1.42. The molecule has 0 aliphatic carbocycles. The van der Waals surface area contributed by atoms with Crippen LogP contribution in [0.3, 0.4) is 0 Å². The second kappa shape index (κ2) is 6.57. The second-order valence-electron chi connectivity index (χ2n) is 5.74. The van der Waals surface area contributed by atoms with E-state index in [1.54, 1.807) is 36.5 Å². The lowest BCUT2D eigenvalue weighted by Gasteiger charge is -2.11. The Morgan fingerprint density at radius 2 is 2.00 bits per heavy atom. The highest BCUT2D eigenvalue weighted by atomic mass is 16.5. The van der Waals surface area contributed by atoms with Gasteiger partial charge in [-0.15, -0.1) is 0 Å². The molecule has 0 radical (unpaired) electrons. The molecule has 1 aliphatic heterocycles. The van der Waals surface area contributed by atoms with Gasteiger partial charge < -0.3 is 20.7 Å². The predicted octanol–water partition coefficient (Wildman–Crippen LogP) is 2.90. The number of carbonyl (C=O) groups is 2. The Hall–Kier alpha value is -3.09. The van der Waals surface area contributed by atoms with Gasteiger partial charge in [-0.3, -0.25) is 4.79 Å². The summed E-state index contributed by atoms with van der Waals surface area (Å²) in [5, 5.41) is 8.18. The zero-order valence-corrected chi connectivity index (χ0v) is 13.4. The molecular weight excluding hydrogens is 308 g/mol. The molecule has 0 saturated heterocycles. The van der Waals surface area contributed by atoms with Crippen LogP contribution >= 0.6 is 0 Å². The number of benzene rings is 1. The number of amides is 3. The molecule has 0 fully saturated rings. The van der Waals surface area contributed by atoms with Gasteiger partial charge in [0.05, 0.1) is 6.42 Å². The van der Waals surface area contributed by atoms with E-state index in [1.807, 2.05) is 13.8 Å². The van der Waals surface area contributed by atoms with Crippen LogP contribution in [0.5, 0.6) is 11.5 Å². The smallest absolute Gasteiger partial charge is 0.319 e. The number of rotatable bonds is 4. The molecule has 3 N–H and O–H groups in total. The van der Waals surface area contributed by atoms with Gasteiger partial charge in [0.15, 0.2) is 0 Å². The van der Waals surface area contributed by atoms with Gasteiger partial charge in [0.25, 0.3) is 0 Å². The van der Waals surface area contributed by atoms with E-state index in [4.69, 9.17) is 4.74 Å². The highest BCUT2D eigenvalue weighted by Gasteiger charge is 2.23. The summed E-state index contributed by atoms with van der Waals surface area (Å²) < 4.78 is 5.83. The number of nitrogens with zero attached hydrogens (tertiary/aromatic N) is 1. The number of urea groups is 1. The molecule has 0 spiro atoms. The third kappa shape index (κ3) is 3.62. The van der Waals surface area contributed by atoms with Crippen molar-refractivity contribution in [3.05, 3.63) is 42.1 Å². The molecule has 0 bridgehead atoms. The summed E-state index contributed by atoms with van der Waals surface area (Å²) >= 11 is 0. The van der Waals surface area contributed by atoms with Crippen molar-refractivity contribution in [1.82, 2.24) is 10.3 Å². The van der Waals surface area contributed by atoms with E-state index < -0.39 is 0 Å². The zero-order chi connectivity index (χ0) is 17.1. The van der Waals surface area contributed by atoms with Crippen LogP contribution in [0.1, 0.15) is 19.4 Å². The number of pyridine rings is 1. The fourth-order valence-corrected chi connectivity index (χ4v) is 2.35. The van der Waals surface area contributed by atoms with Crippen LogP contribution in [0.4, 0.5) is 16.3 Å². The van der Waals surface area contributed by atoms with Crippen molar-refractivity contribution in [2.24, 2.45) is 0 Å². The van der Waals surface area contributed by atoms with Crippen molar-refractivity contribution in [1.29, 1.82) is 0 Å². The van der Waals surface area contributed by atoms with Crippen LogP contribution in [-0.2, 0) is 11.2 Å². The van der Waals surface area contributed by atoms with Gasteiger partial charge in [0, 0.05) is 23.5 Å². The van der Waals surface area contributed by atoms with Crippen LogP contribution in [0, 0.1) is 0 Å². The average Bonchev–Trinajstić information content (AvgIpc) is 2.90. The van der Waals surface area contributed by atoms with E-state index >= 15 is 0 Å². The molecule has 24 heavy (non-hydrogen) atoms. The van der Waals surface area contributed by atoms with Crippen LogP contribution in [0.2, 0.25) is 0 Å². The van der Waals surface area contributed by atoms with E-state index in [1.165, 1.54) is 0 Å². The first-order valence-corrected chi connectivity index (χ1v) is 7.64. The summed E-state index contributed by atoms with van der Waals surface area (Å²) in [6.45, 7) is 3.78. The van der Waals surface area contributed by atoms with Crippen molar-refractivity contribution in [3.8, 4) is 11.5 Å². The average molecular weight is 326 g/mol. The minimum absolute atomic E-state index is 0.0673.